The first-order valence-corrected chi connectivity index (χ1v) is 9.80. The van der Waals surface area contributed by atoms with Gasteiger partial charge in [-0.25, -0.2) is 9.79 Å². The van der Waals surface area contributed by atoms with Crippen molar-refractivity contribution in [2.24, 2.45) is 10.7 Å². The maximum atomic E-state index is 12.0. The molecular formula is C17H15BrCl2N2O3S. The summed E-state index contributed by atoms with van der Waals surface area (Å²) in [6, 6.07) is 8.47. The fourth-order valence-corrected chi connectivity index (χ4v) is 3.88. The Hall–Kier alpha value is -1.38. The number of hydrogen-bond donors (Lipinski definition) is 2. The Morgan fingerprint density at radius 1 is 1.35 bits per heavy atom. The second-order valence-corrected chi connectivity index (χ2v) is 8.24. The molecule has 2 aromatic rings. The summed E-state index contributed by atoms with van der Waals surface area (Å²) in [7, 11) is 0. The number of halogens is 3. The fraction of sp³-hybridized carbons (Fsp3) is 0.176. The lowest BCUT2D eigenvalue weighted by Gasteiger charge is -2.12. The second kappa shape index (κ2) is 9.53. The Morgan fingerprint density at radius 3 is 2.62 bits per heavy atom. The van der Waals surface area contributed by atoms with E-state index in [2.05, 4.69) is 20.9 Å². The van der Waals surface area contributed by atoms with E-state index in [0.29, 0.717) is 26.3 Å². The molecule has 1 aromatic carbocycles. The van der Waals surface area contributed by atoms with Gasteiger partial charge in [0.1, 0.15) is 5.70 Å². The standard InChI is InChI=1S/C17H15BrCl2N2O3S/c1-2-25-17(24)15(21)10(8-23)16(13-5-6-14(18)26-13)22-12-4-3-9(19)7-11(12)20/h3-7,23H,2,8,21H2,1H3/b15-10-,22-16?. The lowest BCUT2D eigenvalue weighted by molar-refractivity contribution is -0.138. The molecule has 0 saturated carbocycles. The van der Waals surface area contributed by atoms with E-state index in [4.69, 9.17) is 33.7 Å². The number of ether oxygens (including phenoxy) is 1. The lowest BCUT2D eigenvalue weighted by Crippen LogP contribution is -2.22. The first-order valence-electron chi connectivity index (χ1n) is 7.43. The van der Waals surface area contributed by atoms with Crippen LogP contribution in [0.2, 0.25) is 10.0 Å². The van der Waals surface area contributed by atoms with Crippen molar-refractivity contribution in [3.8, 4) is 0 Å². The summed E-state index contributed by atoms with van der Waals surface area (Å²) in [6.07, 6.45) is 0. The van der Waals surface area contributed by atoms with Crippen molar-refractivity contribution in [1.29, 1.82) is 0 Å². The summed E-state index contributed by atoms with van der Waals surface area (Å²) < 4.78 is 5.79. The molecule has 138 valence electrons. The number of aliphatic hydroxyl groups excluding tert-OH is 1. The van der Waals surface area contributed by atoms with Crippen molar-refractivity contribution < 1.29 is 14.6 Å². The van der Waals surface area contributed by atoms with Crippen molar-refractivity contribution >= 4 is 67.8 Å². The highest BCUT2D eigenvalue weighted by Crippen LogP contribution is 2.32. The molecule has 0 unspecified atom stereocenters. The van der Waals surface area contributed by atoms with Gasteiger partial charge in [-0.3, -0.25) is 0 Å². The molecule has 0 bridgehead atoms. The smallest absolute Gasteiger partial charge is 0.354 e. The number of nitrogens with zero attached hydrogens (tertiary/aromatic N) is 1. The van der Waals surface area contributed by atoms with E-state index < -0.39 is 12.6 Å². The number of rotatable bonds is 6. The highest BCUT2D eigenvalue weighted by Gasteiger charge is 2.21. The molecule has 0 aliphatic heterocycles. The maximum Gasteiger partial charge on any atom is 0.354 e. The number of carbonyl (C=O) groups is 1. The van der Waals surface area contributed by atoms with Gasteiger partial charge in [-0.15, -0.1) is 11.3 Å². The van der Waals surface area contributed by atoms with Crippen LogP contribution >= 0.6 is 50.5 Å². The molecule has 0 radical (unpaired) electrons. The number of aliphatic hydroxyl groups is 1. The number of carbonyl (C=O) groups excluding carboxylic acids is 1. The first kappa shape index (κ1) is 20.9. The molecule has 3 N–H and O–H groups in total. The van der Waals surface area contributed by atoms with E-state index in [0.717, 1.165) is 3.79 Å². The number of esters is 1. The van der Waals surface area contributed by atoms with E-state index in [9.17, 15) is 9.90 Å². The zero-order chi connectivity index (χ0) is 19.3. The third-order valence-electron chi connectivity index (χ3n) is 3.21. The van der Waals surface area contributed by atoms with Crippen molar-refractivity contribution in [2.75, 3.05) is 13.2 Å². The minimum atomic E-state index is -0.720. The summed E-state index contributed by atoms with van der Waals surface area (Å²) in [5.41, 5.74) is 6.63. The van der Waals surface area contributed by atoms with Crippen LogP contribution in [0.1, 0.15) is 11.8 Å². The molecule has 26 heavy (non-hydrogen) atoms. The topological polar surface area (TPSA) is 84.9 Å². The van der Waals surface area contributed by atoms with Gasteiger partial charge in [-0.05, 0) is 53.2 Å². The monoisotopic (exact) mass is 476 g/mol. The SMILES string of the molecule is CCOC(=O)/C(N)=C(\CO)C(=Nc1ccc(Cl)cc1Cl)c1ccc(Br)s1. The van der Waals surface area contributed by atoms with Gasteiger partial charge in [-0.2, -0.15) is 0 Å². The number of nitrogens with two attached hydrogens (primary N) is 1. The lowest BCUT2D eigenvalue weighted by atomic mass is 10.1. The predicted molar refractivity (Wildman–Crippen MR) is 110 cm³/mol. The molecule has 0 fully saturated rings. The maximum absolute atomic E-state index is 12.0. The van der Waals surface area contributed by atoms with Gasteiger partial charge >= 0.3 is 5.97 Å². The largest absolute Gasteiger partial charge is 0.461 e. The Balaban J connectivity index is 2.66. The summed E-state index contributed by atoms with van der Waals surface area (Å²) in [5.74, 6) is -0.720. The zero-order valence-corrected chi connectivity index (χ0v) is 17.5. The summed E-state index contributed by atoms with van der Waals surface area (Å²) in [5, 5.41) is 10.7. The molecule has 9 heteroatoms. The number of hydrogen-bond acceptors (Lipinski definition) is 6. The van der Waals surface area contributed by atoms with Gasteiger partial charge < -0.3 is 15.6 Å². The van der Waals surface area contributed by atoms with E-state index in [1.165, 1.54) is 11.3 Å². The quantitative estimate of drug-likeness (QED) is 0.358. The van der Waals surface area contributed by atoms with Gasteiger partial charge in [0.2, 0.25) is 0 Å². The molecule has 1 aromatic heterocycles. The molecule has 5 nitrogen and oxygen atoms in total. The van der Waals surface area contributed by atoms with Crippen molar-refractivity contribution in [3.05, 3.63) is 60.3 Å². The van der Waals surface area contributed by atoms with Gasteiger partial charge in [0.25, 0.3) is 0 Å². The molecule has 0 aliphatic rings. The van der Waals surface area contributed by atoms with Crippen molar-refractivity contribution in [1.82, 2.24) is 0 Å². The van der Waals surface area contributed by atoms with Crippen LogP contribution in [0.15, 0.2) is 50.4 Å². The Bertz CT molecular complexity index is 881. The zero-order valence-electron chi connectivity index (χ0n) is 13.6. The van der Waals surface area contributed by atoms with Gasteiger partial charge in [0.05, 0.1) is 38.3 Å². The Morgan fingerprint density at radius 2 is 2.08 bits per heavy atom. The molecular weight excluding hydrogens is 463 g/mol. The summed E-state index contributed by atoms with van der Waals surface area (Å²) in [6.45, 7) is 1.34. The van der Waals surface area contributed by atoms with Crippen LogP contribution in [0, 0.1) is 0 Å². The number of benzene rings is 1. The molecule has 2 rings (SSSR count). The van der Waals surface area contributed by atoms with E-state index in [1.807, 2.05) is 6.07 Å². The van der Waals surface area contributed by atoms with Crippen LogP contribution in [0.25, 0.3) is 0 Å². The van der Waals surface area contributed by atoms with Crippen molar-refractivity contribution in [2.45, 2.75) is 6.92 Å². The Labute approximate surface area is 173 Å². The minimum Gasteiger partial charge on any atom is -0.461 e. The van der Waals surface area contributed by atoms with E-state index >= 15 is 0 Å². The van der Waals surface area contributed by atoms with Crippen LogP contribution in [0.5, 0.6) is 0 Å². The summed E-state index contributed by atoms with van der Waals surface area (Å²) >= 11 is 16.9. The third kappa shape index (κ3) is 5.08. The molecule has 1 heterocycles. The molecule has 0 aliphatic carbocycles. The van der Waals surface area contributed by atoms with Crippen LogP contribution in [-0.4, -0.2) is 30.0 Å². The van der Waals surface area contributed by atoms with Gasteiger partial charge in [0.15, 0.2) is 0 Å². The predicted octanol–water partition coefficient (Wildman–Crippen LogP) is 4.71. The average Bonchev–Trinajstić information content (AvgIpc) is 3.02. The van der Waals surface area contributed by atoms with Crippen LogP contribution in [-0.2, 0) is 9.53 Å². The number of thiophene rings is 1. The first-order chi connectivity index (χ1) is 12.4. The fourth-order valence-electron chi connectivity index (χ4n) is 2.02. The average molecular weight is 478 g/mol. The van der Waals surface area contributed by atoms with Crippen molar-refractivity contribution in [3.63, 3.8) is 0 Å². The van der Waals surface area contributed by atoms with Gasteiger partial charge in [-0.1, -0.05) is 23.2 Å². The molecule has 0 spiro atoms. The van der Waals surface area contributed by atoms with E-state index in [1.54, 1.807) is 31.2 Å². The molecule has 0 amide bonds. The van der Waals surface area contributed by atoms with Crippen LogP contribution < -0.4 is 5.73 Å². The highest BCUT2D eigenvalue weighted by atomic mass is 79.9. The minimum absolute atomic E-state index is 0.156. The number of aliphatic imine (C=N–C) groups is 1. The molecule has 0 saturated heterocycles. The third-order valence-corrected chi connectivity index (χ3v) is 5.38. The molecule has 0 atom stereocenters. The highest BCUT2D eigenvalue weighted by molar-refractivity contribution is 9.11. The van der Waals surface area contributed by atoms with E-state index in [-0.39, 0.29) is 17.9 Å². The van der Waals surface area contributed by atoms with Crippen LogP contribution in [0.3, 0.4) is 0 Å². The van der Waals surface area contributed by atoms with Crippen LogP contribution in [0.4, 0.5) is 5.69 Å². The summed E-state index contributed by atoms with van der Waals surface area (Å²) in [4.78, 5) is 17.2. The van der Waals surface area contributed by atoms with Gasteiger partial charge in [0, 0.05) is 10.6 Å². The second-order valence-electron chi connectivity index (χ2n) is 4.93. The normalized spacial score (nSPS) is 12.7. The Kier molecular flexibility index (Phi) is 7.67.